The number of carbonyl (C=O) groups excluding carboxylic acids is 2. The highest BCUT2D eigenvalue weighted by atomic mass is 32.2. The molecule has 7 heteroatoms. The zero-order chi connectivity index (χ0) is 22.9. The molecule has 3 aromatic carbocycles. The van der Waals surface area contributed by atoms with Crippen molar-refractivity contribution in [2.24, 2.45) is 5.92 Å². The van der Waals surface area contributed by atoms with Crippen LogP contribution in [-0.4, -0.2) is 41.1 Å². The third-order valence-corrected chi connectivity index (χ3v) is 8.69. The number of anilines is 1. The monoisotopic (exact) mass is 470 g/mol. The van der Waals surface area contributed by atoms with Crippen LogP contribution in [0.1, 0.15) is 27.4 Å². The molecule has 0 bridgehead atoms. The standard InChI is InChI=1S/C27H22N2O4S/c30-25(17-10-11-21-22(12-17)33-15-32-21)24-23(16-6-2-1-3-7-16)20-13-34-14-29(20)27(24)18-8-4-5-9-19(18)28-26(27)31/h1-12,20,23-24H,13-15H2,(H,28,31)/t20-,23+,24-,27+/m0/s1. The van der Waals surface area contributed by atoms with Crippen LogP contribution in [0.15, 0.2) is 72.8 Å². The maximum absolute atomic E-state index is 14.5. The Labute approximate surface area is 201 Å². The topological polar surface area (TPSA) is 67.9 Å². The fourth-order valence-electron chi connectivity index (χ4n) is 6.31. The van der Waals surface area contributed by atoms with Crippen molar-refractivity contribution in [2.45, 2.75) is 17.5 Å². The Kier molecular flexibility index (Phi) is 4.35. The maximum Gasteiger partial charge on any atom is 0.250 e. The molecule has 170 valence electrons. The Morgan fingerprint density at radius 1 is 1.00 bits per heavy atom. The van der Waals surface area contributed by atoms with Gasteiger partial charge in [-0.2, -0.15) is 0 Å². The molecule has 1 spiro atoms. The fourth-order valence-corrected chi connectivity index (χ4v) is 7.64. The number of carbonyl (C=O) groups is 2. The molecule has 1 N–H and O–H groups in total. The van der Waals surface area contributed by atoms with Gasteiger partial charge in [-0.05, 0) is 29.8 Å². The van der Waals surface area contributed by atoms with E-state index in [9.17, 15) is 9.59 Å². The zero-order valence-corrected chi connectivity index (χ0v) is 19.1. The van der Waals surface area contributed by atoms with Gasteiger partial charge < -0.3 is 14.8 Å². The first-order valence-corrected chi connectivity index (χ1v) is 12.6. The van der Waals surface area contributed by atoms with E-state index in [-0.39, 0.29) is 30.4 Å². The summed E-state index contributed by atoms with van der Waals surface area (Å²) in [4.78, 5) is 30.7. The van der Waals surface area contributed by atoms with Gasteiger partial charge in [0.15, 0.2) is 17.3 Å². The average molecular weight is 471 g/mol. The van der Waals surface area contributed by atoms with Gasteiger partial charge in [-0.25, -0.2) is 0 Å². The number of Topliss-reactive ketones (excluding diaryl/α,β-unsaturated/α-hetero) is 1. The molecule has 4 aliphatic rings. The summed E-state index contributed by atoms with van der Waals surface area (Å²) < 4.78 is 11.0. The normalized spacial score (nSPS) is 28.7. The molecule has 3 aromatic rings. The molecule has 4 heterocycles. The minimum absolute atomic E-state index is 0.0431. The molecule has 0 aromatic heterocycles. The molecule has 2 saturated heterocycles. The van der Waals surface area contributed by atoms with Gasteiger partial charge in [0.05, 0.1) is 5.92 Å². The van der Waals surface area contributed by atoms with E-state index >= 15 is 0 Å². The summed E-state index contributed by atoms with van der Waals surface area (Å²) in [5, 5.41) is 3.11. The quantitative estimate of drug-likeness (QED) is 0.578. The van der Waals surface area contributed by atoms with Crippen molar-refractivity contribution in [3.05, 3.63) is 89.5 Å². The Balaban J connectivity index is 1.46. The molecular formula is C27H22N2O4S. The summed E-state index contributed by atoms with van der Waals surface area (Å²) in [5.41, 5.74) is 2.26. The number of rotatable bonds is 3. The summed E-state index contributed by atoms with van der Waals surface area (Å²) in [7, 11) is 0. The Morgan fingerprint density at radius 3 is 2.68 bits per heavy atom. The van der Waals surface area contributed by atoms with Crippen molar-refractivity contribution in [3.8, 4) is 11.5 Å². The van der Waals surface area contributed by atoms with Crippen LogP contribution in [-0.2, 0) is 10.3 Å². The van der Waals surface area contributed by atoms with Crippen molar-refractivity contribution >= 4 is 29.1 Å². The van der Waals surface area contributed by atoms with E-state index in [1.807, 2.05) is 54.2 Å². The van der Waals surface area contributed by atoms with Crippen LogP contribution in [0.25, 0.3) is 0 Å². The van der Waals surface area contributed by atoms with E-state index in [1.165, 1.54) is 0 Å². The largest absolute Gasteiger partial charge is 0.454 e. The highest BCUT2D eigenvalue weighted by molar-refractivity contribution is 7.99. The van der Waals surface area contributed by atoms with E-state index < -0.39 is 11.5 Å². The summed E-state index contributed by atoms with van der Waals surface area (Å²) >= 11 is 1.83. The smallest absolute Gasteiger partial charge is 0.250 e. The predicted octanol–water partition coefficient (Wildman–Crippen LogP) is 4.23. The molecule has 4 atom stereocenters. The van der Waals surface area contributed by atoms with Crippen LogP contribution < -0.4 is 14.8 Å². The first kappa shape index (κ1) is 20.1. The van der Waals surface area contributed by atoms with Gasteiger partial charge in [0.2, 0.25) is 12.7 Å². The number of nitrogens with one attached hydrogen (secondary N) is 1. The summed E-state index contributed by atoms with van der Waals surface area (Å²) in [5.74, 6) is 1.94. The minimum atomic E-state index is -1.06. The minimum Gasteiger partial charge on any atom is -0.454 e. The van der Waals surface area contributed by atoms with Gasteiger partial charge in [0, 0.05) is 40.4 Å². The van der Waals surface area contributed by atoms with Gasteiger partial charge in [0.25, 0.3) is 0 Å². The van der Waals surface area contributed by atoms with Crippen molar-refractivity contribution in [3.63, 3.8) is 0 Å². The third kappa shape index (κ3) is 2.56. The number of amides is 1. The molecule has 0 aliphatic carbocycles. The number of nitrogens with zero attached hydrogens (tertiary/aromatic N) is 1. The second kappa shape index (κ2) is 7.35. The lowest BCUT2D eigenvalue weighted by atomic mass is 9.69. The predicted molar refractivity (Wildman–Crippen MR) is 129 cm³/mol. The van der Waals surface area contributed by atoms with E-state index in [2.05, 4.69) is 22.3 Å². The molecule has 34 heavy (non-hydrogen) atoms. The molecule has 2 fully saturated rings. The molecule has 0 saturated carbocycles. The SMILES string of the molecule is O=C(c1ccc2c(c1)OCO2)[C@@H]1[C@H](c2ccccc2)[C@@H]2CSCN2[C@@]12C(=O)Nc1ccccc12. The Bertz CT molecular complexity index is 1330. The molecule has 4 aliphatic heterocycles. The van der Waals surface area contributed by atoms with Gasteiger partial charge in [0.1, 0.15) is 5.54 Å². The lowest BCUT2D eigenvalue weighted by molar-refractivity contribution is -0.127. The highest BCUT2D eigenvalue weighted by Crippen LogP contribution is 2.61. The summed E-state index contributed by atoms with van der Waals surface area (Å²) in [6, 6.07) is 23.4. The first-order chi connectivity index (χ1) is 16.7. The van der Waals surface area contributed by atoms with Gasteiger partial charge in [-0.3, -0.25) is 14.5 Å². The number of hydrogen-bond donors (Lipinski definition) is 1. The lowest BCUT2D eigenvalue weighted by Gasteiger charge is -2.36. The lowest BCUT2D eigenvalue weighted by Crippen LogP contribution is -2.52. The number of benzene rings is 3. The number of thioether (sulfide) groups is 1. The number of ketones is 1. The average Bonchev–Trinajstić information content (AvgIpc) is 3.63. The number of hydrogen-bond acceptors (Lipinski definition) is 6. The van der Waals surface area contributed by atoms with Crippen LogP contribution >= 0.6 is 11.8 Å². The van der Waals surface area contributed by atoms with Gasteiger partial charge in [-0.15, -0.1) is 11.8 Å². The van der Waals surface area contributed by atoms with E-state index in [0.717, 1.165) is 22.6 Å². The first-order valence-electron chi connectivity index (χ1n) is 11.4. The second-order valence-corrected chi connectivity index (χ2v) is 10.1. The zero-order valence-electron chi connectivity index (χ0n) is 18.3. The second-order valence-electron chi connectivity index (χ2n) is 9.15. The van der Waals surface area contributed by atoms with Crippen LogP contribution in [0.2, 0.25) is 0 Å². The van der Waals surface area contributed by atoms with Crippen molar-refractivity contribution in [1.82, 2.24) is 4.90 Å². The maximum atomic E-state index is 14.5. The van der Waals surface area contributed by atoms with Gasteiger partial charge >= 0.3 is 0 Å². The summed E-state index contributed by atoms with van der Waals surface area (Å²) in [6.07, 6.45) is 0. The van der Waals surface area contributed by atoms with E-state index in [1.54, 1.807) is 18.2 Å². The molecule has 7 rings (SSSR count). The van der Waals surface area contributed by atoms with Crippen LogP contribution in [0.3, 0.4) is 0 Å². The highest BCUT2D eigenvalue weighted by Gasteiger charge is 2.69. The van der Waals surface area contributed by atoms with Crippen molar-refractivity contribution in [2.75, 3.05) is 23.7 Å². The molecule has 1 amide bonds. The van der Waals surface area contributed by atoms with Crippen LogP contribution in [0.5, 0.6) is 11.5 Å². The molecule has 0 unspecified atom stereocenters. The van der Waals surface area contributed by atoms with E-state index in [4.69, 9.17) is 9.47 Å². The number of fused-ring (bicyclic) bond motifs is 5. The summed E-state index contributed by atoms with van der Waals surface area (Å²) in [6.45, 7) is 0.149. The molecule has 6 nitrogen and oxygen atoms in total. The van der Waals surface area contributed by atoms with Crippen molar-refractivity contribution in [1.29, 1.82) is 0 Å². The Morgan fingerprint density at radius 2 is 1.79 bits per heavy atom. The van der Waals surface area contributed by atoms with Crippen LogP contribution in [0, 0.1) is 5.92 Å². The van der Waals surface area contributed by atoms with Crippen LogP contribution in [0.4, 0.5) is 5.69 Å². The van der Waals surface area contributed by atoms with Crippen molar-refractivity contribution < 1.29 is 19.1 Å². The Hall–Kier alpha value is -3.29. The molecular weight excluding hydrogens is 448 g/mol. The van der Waals surface area contributed by atoms with E-state index in [0.29, 0.717) is 22.9 Å². The van der Waals surface area contributed by atoms with Gasteiger partial charge in [-0.1, -0.05) is 48.5 Å². The third-order valence-electron chi connectivity index (χ3n) is 7.65. The number of ether oxygens (including phenoxy) is 2. The fraction of sp³-hybridized carbons (Fsp3) is 0.259. The molecule has 0 radical (unpaired) electrons. The number of para-hydroxylation sites is 1.